The maximum atomic E-state index is 13.2. The Morgan fingerprint density at radius 1 is 0.971 bits per heavy atom. The predicted molar refractivity (Wildman–Crippen MR) is 131 cm³/mol. The third-order valence-electron chi connectivity index (χ3n) is 5.43. The Bertz CT molecular complexity index is 1100. The highest BCUT2D eigenvalue weighted by Gasteiger charge is 2.37. The zero-order valence-electron chi connectivity index (χ0n) is 19.4. The number of ether oxygens (including phenoxy) is 2. The molecule has 1 heterocycles. The van der Waals surface area contributed by atoms with Crippen LogP contribution in [0, 0.1) is 0 Å². The van der Waals surface area contributed by atoms with Crippen LogP contribution >= 0.6 is 0 Å². The molecule has 0 bridgehead atoms. The highest BCUT2D eigenvalue weighted by molar-refractivity contribution is 6.00. The van der Waals surface area contributed by atoms with E-state index in [2.05, 4.69) is 5.32 Å². The number of dihydropyridines is 1. The number of anilines is 1. The normalized spacial score (nSPS) is 15.9. The third kappa shape index (κ3) is 6.14. The van der Waals surface area contributed by atoms with E-state index in [1.165, 1.54) is 0 Å². The molecule has 1 aliphatic rings. The molecular formula is C27H30N2O5. The summed E-state index contributed by atoms with van der Waals surface area (Å²) in [6.45, 7) is 3.61. The van der Waals surface area contributed by atoms with Crippen LogP contribution in [0.1, 0.15) is 37.3 Å². The van der Waals surface area contributed by atoms with E-state index in [0.717, 1.165) is 11.1 Å². The number of carbonyl (C=O) groups excluding carboxylic acids is 2. The average molecular weight is 463 g/mol. The van der Waals surface area contributed by atoms with Crippen LogP contribution in [0.2, 0.25) is 0 Å². The number of carbonyl (C=O) groups is 2. The van der Waals surface area contributed by atoms with Crippen molar-refractivity contribution in [3.8, 4) is 0 Å². The topological polar surface area (TPSA) is 111 Å². The number of allylic oxidation sites excluding steroid dienone is 2. The molecule has 1 atom stereocenters. The number of aliphatic hydroxyl groups excluding tert-OH is 1. The highest BCUT2D eigenvalue weighted by Crippen LogP contribution is 2.39. The van der Waals surface area contributed by atoms with E-state index >= 15 is 0 Å². The van der Waals surface area contributed by atoms with Crippen LogP contribution in [-0.4, -0.2) is 36.9 Å². The molecule has 1 aliphatic heterocycles. The SMILES string of the molecule is CC1=C(C(=O)OC/C=C/c2ccccc2)C(c2ccc(N)cc2)C(C(=O)OCCCO)=C(C)N1. The fourth-order valence-electron chi connectivity index (χ4n) is 3.81. The van der Waals surface area contributed by atoms with Crippen molar-refractivity contribution in [1.29, 1.82) is 0 Å². The molecule has 7 nitrogen and oxygen atoms in total. The van der Waals surface area contributed by atoms with Gasteiger partial charge >= 0.3 is 11.9 Å². The fraction of sp³-hybridized carbons (Fsp3) is 0.259. The van der Waals surface area contributed by atoms with Gasteiger partial charge in [-0.1, -0.05) is 48.5 Å². The number of aliphatic hydroxyl groups is 1. The van der Waals surface area contributed by atoms with E-state index in [1.54, 1.807) is 44.2 Å². The maximum absolute atomic E-state index is 13.2. The minimum absolute atomic E-state index is 0.0767. The minimum Gasteiger partial charge on any atom is -0.462 e. The zero-order chi connectivity index (χ0) is 24.5. The van der Waals surface area contributed by atoms with Gasteiger partial charge in [0, 0.05) is 30.1 Å². The Balaban J connectivity index is 1.87. The summed E-state index contributed by atoms with van der Waals surface area (Å²) in [5.41, 5.74) is 9.99. The predicted octanol–water partition coefficient (Wildman–Crippen LogP) is 3.69. The second kappa shape index (κ2) is 11.9. The van der Waals surface area contributed by atoms with Gasteiger partial charge in [-0.05, 0) is 43.2 Å². The van der Waals surface area contributed by atoms with Crippen molar-refractivity contribution >= 4 is 23.7 Å². The second-order valence-electron chi connectivity index (χ2n) is 7.93. The lowest BCUT2D eigenvalue weighted by molar-refractivity contribution is -0.140. The smallest absolute Gasteiger partial charge is 0.337 e. The Morgan fingerprint density at radius 3 is 2.21 bits per heavy atom. The second-order valence-corrected chi connectivity index (χ2v) is 7.93. The Labute approximate surface area is 199 Å². The summed E-state index contributed by atoms with van der Waals surface area (Å²) in [7, 11) is 0. The molecule has 0 spiro atoms. The van der Waals surface area contributed by atoms with Gasteiger partial charge in [-0.15, -0.1) is 0 Å². The molecule has 1 unspecified atom stereocenters. The molecule has 4 N–H and O–H groups in total. The van der Waals surface area contributed by atoms with Crippen molar-refractivity contribution in [2.24, 2.45) is 0 Å². The van der Waals surface area contributed by atoms with Gasteiger partial charge in [0.2, 0.25) is 0 Å². The lowest BCUT2D eigenvalue weighted by atomic mass is 9.80. The first-order valence-corrected chi connectivity index (χ1v) is 11.1. The summed E-state index contributed by atoms with van der Waals surface area (Å²) in [4.78, 5) is 26.2. The summed E-state index contributed by atoms with van der Waals surface area (Å²) < 4.78 is 10.9. The fourth-order valence-corrected chi connectivity index (χ4v) is 3.81. The first kappa shape index (κ1) is 24.8. The van der Waals surface area contributed by atoms with Gasteiger partial charge in [-0.25, -0.2) is 9.59 Å². The number of hydrogen-bond acceptors (Lipinski definition) is 7. The van der Waals surface area contributed by atoms with Crippen molar-refractivity contribution in [1.82, 2.24) is 5.32 Å². The van der Waals surface area contributed by atoms with Crippen molar-refractivity contribution in [2.75, 3.05) is 25.6 Å². The molecule has 3 rings (SSSR count). The van der Waals surface area contributed by atoms with E-state index in [0.29, 0.717) is 34.6 Å². The van der Waals surface area contributed by atoms with Crippen molar-refractivity contribution in [3.63, 3.8) is 0 Å². The van der Waals surface area contributed by atoms with E-state index in [-0.39, 0.29) is 19.8 Å². The van der Waals surface area contributed by atoms with Crippen LogP contribution < -0.4 is 11.1 Å². The molecule has 0 aliphatic carbocycles. The van der Waals surface area contributed by atoms with Crippen LogP contribution in [0.25, 0.3) is 6.08 Å². The van der Waals surface area contributed by atoms with Crippen molar-refractivity contribution in [3.05, 3.63) is 94.3 Å². The number of rotatable bonds is 9. The zero-order valence-corrected chi connectivity index (χ0v) is 19.4. The molecule has 178 valence electrons. The molecule has 0 saturated carbocycles. The molecule has 0 radical (unpaired) electrons. The number of nitrogen functional groups attached to an aromatic ring is 1. The number of hydrogen-bond donors (Lipinski definition) is 3. The van der Waals surface area contributed by atoms with Gasteiger partial charge in [0.25, 0.3) is 0 Å². The third-order valence-corrected chi connectivity index (χ3v) is 5.43. The number of benzene rings is 2. The largest absolute Gasteiger partial charge is 0.462 e. The Kier molecular flexibility index (Phi) is 8.65. The molecule has 2 aromatic carbocycles. The first-order valence-electron chi connectivity index (χ1n) is 11.1. The van der Waals surface area contributed by atoms with E-state index in [9.17, 15) is 9.59 Å². The summed E-state index contributed by atoms with van der Waals surface area (Å²) in [6, 6.07) is 16.7. The monoisotopic (exact) mass is 462 g/mol. The van der Waals surface area contributed by atoms with Crippen molar-refractivity contribution in [2.45, 2.75) is 26.2 Å². The Morgan fingerprint density at radius 2 is 1.59 bits per heavy atom. The molecule has 34 heavy (non-hydrogen) atoms. The van der Waals surface area contributed by atoms with Crippen LogP contribution in [0.15, 0.2) is 83.2 Å². The van der Waals surface area contributed by atoms with E-state index in [1.807, 2.05) is 36.4 Å². The summed E-state index contributed by atoms with van der Waals surface area (Å²) in [5, 5.41) is 12.1. The quantitative estimate of drug-likeness (QED) is 0.296. The van der Waals surface area contributed by atoms with Crippen LogP contribution in [0.3, 0.4) is 0 Å². The molecule has 7 heteroatoms. The van der Waals surface area contributed by atoms with Crippen LogP contribution in [-0.2, 0) is 19.1 Å². The molecule has 0 amide bonds. The standard InChI is InChI=1S/C27H30N2O5/c1-18-23(26(31)33-16-6-10-20-8-4-3-5-9-20)25(21-11-13-22(28)14-12-21)24(19(2)29-18)27(32)34-17-7-15-30/h3-6,8-14,25,29-30H,7,15-17,28H2,1-2H3/b10-6+. The van der Waals surface area contributed by atoms with E-state index in [4.69, 9.17) is 20.3 Å². The van der Waals surface area contributed by atoms with Gasteiger partial charge in [0.05, 0.1) is 23.7 Å². The van der Waals surface area contributed by atoms with Crippen LogP contribution in [0.5, 0.6) is 0 Å². The van der Waals surface area contributed by atoms with Gasteiger partial charge in [0.1, 0.15) is 6.61 Å². The highest BCUT2D eigenvalue weighted by atomic mass is 16.5. The molecule has 0 fully saturated rings. The Hall–Kier alpha value is -3.84. The first-order chi connectivity index (χ1) is 16.4. The molecule has 2 aromatic rings. The number of esters is 2. The number of nitrogens with two attached hydrogens (primary N) is 1. The summed E-state index contributed by atoms with van der Waals surface area (Å²) in [6.07, 6.45) is 3.97. The lowest BCUT2D eigenvalue weighted by Gasteiger charge is -2.30. The van der Waals surface area contributed by atoms with Crippen LogP contribution in [0.4, 0.5) is 5.69 Å². The number of nitrogens with one attached hydrogen (secondary N) is 1. The van der Waals surface area contributed by atoms with Gasteiger partial charge < -0.3 is 25.6 Å². The van der Waals surface area contributed by atoms with Gasteiger partial charge in [-0.2, -0.15) is 0 Å². The van der Waals surface area contributed by atoms with Gasteiger partial charge in [0.15, 0.2) is 0 Å². The summed E-state index contributed by atoms with van der Waals surface area (Å²) >= 11 is 0. The van der Waals surface area contributed by atoms with Gasteiger partial charge in [-0.3, -0.25) is 0 Å². The maximum Gasteiger partial charge on any atom is 0.337 e. The minimum atomic E-state index is -0.686. The van der Waals surface area contributed by atoms with E-state index < -0.39 is 17.9 Å². The molecular weight excluding hydrogens is 432 g/mol. The van der Waals surface area contributed by atoms with Crippen molar-refractivity contribution < 1.29 is 24.2 Å². The lowest BCUT2D eigenvalue weighted by Crippen LogP contribution is -2.32. The molecule has 0 aromatic heterocycles. The molecule has 0 saturated heterocycles. The summed E-state index contributed by atoms with van der Waals surface area (Å²) in [5.74, 6) is -1.77. The average Bonchev–Trinajstić information content (AvgIpc) is 2.82.